The summed E-state index contributed by atoms with van der Waals surface area (Å²) in [5.74, 6) is 0. The van der Waals surface area contributed by atoms with Crippen LogP contribution in [0.5, 0.6) is 0 Å². The lowest BCUT2D eigenvalue weighted by molar-refractivity contribution is 0.0558. The van der Waals surface area contributed by atoms with Crippen molar-refractivity contribution < 1.29 is 0 Å². The Kier molecular flexibility index (Phi) is 2.16. The second kappa shape index (κ2) is 3.43. The Hall–Kier alpha value is -1.13. The van der Waals surface area contributed by atoms with Gasteiger partial charge in [0.05, 0.1) is 0 Å². The van der Waals surface area contributed by atoms with Gasteiger partial charge < -0.3 is 4.90 Å². The molecule has 84 valence electrons. The Labute approximate surface area is 101 Å². The summed E-state index contributed by atoms with van der Waals surface area (Å²) in [5.41, 5.74) is 4.56. The van der Waals surface area contributed by atoms with E-state index in [-0.39, 0.29) is 5.66 Å². The van der Waals surface area contributed by atoms with E-state index in [0.717, 1.165) is 18.1 Å². The lowest BCUT2D eigenvalue weighted by atomic mass is 9.96. The fraction of sp³-hybridized carbons (Fsp3) is 0.417. The maximum absolute atomic E-state index is 5.34. The molecule has 3 nitrogen and oxygen atoms in total. The highest BCUT2D eigenvalue weighted by Gasteiger charge is 2.51. The Morgan fingerprint density at radius 2 is 2.06 bits per heavy atom. The highest BCUT2D eigenvalue weighted by Crippen LogP contribution is 2.42. The van der Waals surface area contributed by atoms with Crippen LogP contribution in [0.15, 0.2) is 30.3 Å². The third kappa shape index (κ3) is 1.14. The zero-order valence-corrected chi connectivity index (χ0v) is 10.1. The molecule has 0 aliphatic carbocycles. The molecule has 1 unspecified atom stereocenters. The normalized spacial score (nSPS) is 29.3. The molecule has 0 saturated carbocycles. The molecule has 0 spiro atoms. The molecule has 16 heavy (non-hydrogen) atoms. The third-order valence-corrected chi connectivity index (χ3v) is 4.05. The van der Waals surface area contributed by atoms with Crippen LogP contribution in [-0.4, -0.2) is 28.6 Å². The van der Waals surface area contributed by atoms with Gasteiger partial charge in [-0.25, -0.2) is 0 Å². The Bertz CT molecular complexity index is 420. The number of hydrogen-bond acceptors (Lipinski definition) is 2. The zero-order valence-electron chi connectivity index (χ0n) is 9.31. The van der Waals surface area contributed by atoms with Crippen LogP contribution in [0.1, 0.15) is 18.4 Å². The van der Waals surface area contributed by atoms with Gasteiger partial charge in [-0.2, -0.15) is 5.01 Å². The minimum Gasteiger partial charge on any atom is -0.327 e. The van der Waals surface area contributed by atoms with E-state index >= 15 is 0 Å². The average Bonchev–Trinajstić information content (AvgIpc) is 2.82. The van der Waals surface area contributed by atoms with Gasteiger partial charge in [0.2, 0.25) is 0 Å². The molecule has 1 aromatic carbocycles. The van der Waals surface area contributed by atoms with E-state index in [1.807, 2.05) is 0 Å². The molecule has 3 rings (SSSR count). The summed E-state index contributed by atoms with van der Waals surface area (Å²) >= 11 is 5.34. The number of rotatable bonds is 1. The minimum absolute atomic E-state index is 0.0572. The van der Waals surface area contributed by atoms with Gasteiger partial charge in [0.1, 0.15) is 5.66 Å². The van der Waals surface area contributed by atoms with Crippen molar-refractivity contribution in [2.24, 2.45) is 0 Å². The van der Waals surface area contributed by atoms with Crippen LogP contribution in [0, 0.1) is 0 Å². The topological polar surface area (TPSA) is 18.5 Å². The van der Waals surface area contributed by atoms with Crippen LogP contribution >= 0.6 is 12.2 Å². The molecule has 1 atom stereocenters. The smallest absolute Gasteiger partial charge is 0.185 e. The summed E-state index contributed by atoms with van der Waals surface area (Å²) in [7, 11) is 2.08. The second-order valence-electron chi connectivity index (χ2n) is 4.41. The number of nitrogens with zero attached hydrogens (tertiary/aromatic N) is 2. The van der Waals surface area contributed by atoms with Crippen LogP contribution in [-0.2, 0) is 5.66 Å². The second-order valence-corrected chi connectivity index (χ2v) is 4.80. The summed E-state index contributed by atoms with van der Waals surface area (Å²) in [5, 5.41) is 3.09. The Morgan fingerprint density at radius 1 is 1.31 bits per heavy atom. The molecule has 2 fully saturated rings. The minimum atomic E-state index is -0.0572. The summed E-state index contributed by atoms with van der Waals surface area (Å²) in [6.07, 6.45) is 2.33. The number of fused-ring (bicyclic) bond motifs is 1. The van der Waals surface area contributed by atoms with Crippen molar-refractivity contribution in [2.45, 2.75) is 18.5 Å². The molecule has 0 radical (unpaired) electrons. The zero-order chi connectivity index (χ0) is 11.2. The molecule has 0 aromatic heterocycles. The van der Waals surface area contributed by atoms with Crippen molar-refractivity contribution in [3.05, 3.63) is 35.9 Å². The van der Waals surface area contributed by atoms with Gasteiger partial charge in [-0.05, 0) is 30.6 Å². The molecule has 1 aromatic rings. The van der Waals surface area contributed by atoms with E-state index in [4.69, 9.17) is 12.2 Å². The summed E-state index contributed by atoms with van der Waals surface area (Å²) in [6.45, 7) is 1.05. The van der Waals surface area contributed by atoms with Gasteiger partial charge in [-0.15, -0.1) is 0 Å². The molecule has 0 amide bonds. The highest BCUT2D eigenvalue weighted by atomic mass is 32.1. The van der Waals surface area contributed by atoms with Crippen LogP contribution < -0.4 is 5.43 Å². The SMILES string of the molecule is CN1C(=S)NN2CCCC21c1ccccc1. The van der Waals surface area contributed by atoms with E-state index in [2.05, 4.69) is 52.7 Å². The molecule has 2 saturated heterocycles. The molecular formula is C12H15N3S. The van der Waals surface area contributed by atoms with Crippen molar-refractivity contribution in [3.63, 3.8) is 0 Å². The van der Waals surface area contributed by atoms with Gasteiger partial charge in [0.15, 0.2) is 5.11 Å². The monoisotopic (exact) mass is 233 g/mol. The number of nitrogens with one attached hydrogen (secondary N) is 1. The summed E-state index contributed by atoms with van der Waals surface area (Å²) < 4.78 is 0. The lowest BCUT2D eigenvalue weighted by Crippen LogP contribution is -2.46. The van der Waals surface area contributed by atoms with E-state index in [1.54, 1.807) is 0 Å². The molecule has 4 heteroatoms. The molecule has 1 N–H and O–H groups in total. The van der Waals surface area contributed by atoms with Gasteiger partial charge in [0, 0.05) is 13.6 Å². The maximum Gasteiger partial charge on any atom is 0.185 e. The standard InChI is InChI=1S/C12H15N3S/c1-14-11(16)13-15-9-5-8-12(14,15)10-6-3-2-4-7-10/h2-4,6-7H,5,8-9H2,1H3,(H,13,16). The van der Waals surface area contributed by atoms with Crippen LogP contribution in [0.2, 0.25) is 0 Å². The van der Waals surface area contributed by atoms with E-state index in [9.17, 15) is 0 Å². The first-order valence-corrected chi connectivity index (χ1v) is 6.03. The van der Waals surface area contributed by atoms with Gasteiger partial charge in [-0.1, -0.05) is 30.3 Å². The fourth-order valence-corrected chi connectivity index (χ4v) is 3.12. The summed E-state index contributed by atoms with van der Waals surface area (Å²) in [4.78, 5) is 2.19. The molecular weight excluding hydrogens is 218 g/mol. The molecule has 2 aliphatic heterocycles. The number of benzene rings is 1. The van der Waals surface area contributed by atoms with Gasteiger partial charge in [-0.3, -0.25) is 5.43 Å². The predicted octanol–water partition coefficient (Wildman–Crippen LogP) is 1.67. The first-order chi connectivity index (χ1) is 7.75. The largest absolute Gasteiger partial charge is 0.327 e. The van der Waals surface area contributed by atoms with Crippen molar-refractivity contribution in [2.75, 3.05) is 13.6 Å². The third-order valence-electron chi connectivity index (χ3n) is 3.68. The lowest BCUT2D eigenvalue weighted by Gasteiger charge is -2.36. The van der Waals surface area contributed by atoms with Crippen molar-refractivity contribution in [1.82, 2.24) is 15.3 Å². The van der Waals surface area contributed by atoms with Crippen molar-refractivity contribution >= 4 is 17.3 Å². The highest BCUT2D eigenvalue weighted by molar-refractivity contribution is 7.80. The molecule has 2 heterocycles. The van der Waals surface area contributed by atoms with Gasteiger partial charge in [0.25, 0.3) is 0 Å². The predicted molar refractivity (Wildman–Crippen MR) is 67.6 cm³/mol. The Morgan fingerprint density at radius 3 is 2.81 bits per heavy atom. The Balaban J connectivity index is 2.11. The van der Waals surface area contributed by atoms with Crippen LogP contribution in [0.4, 0.5) is 0 Å². The van der Waals surface area contributed by atoms with Crippen LogP contribution in [0.25, 0.3) is 0 Å². The fourth-order valence-electron chi connectivity index (χ4n) is 2.86. The maximum atomic E-state index is 5.34. The van der Waals surface area contributed by atoms with Gasteiger partial charge >= 0.3 is 0 Å². The van der Waals surface area contributed by atoms with Crippen LogP contribution in [0.3, 0.4) is 0 Å². The quantitative estimate of drug-likeness (QED) is 0.743. The van der Waals surface area contributed by atoms with Crippen molar-refractivity contribution in [3.8, 4) is 0 Å². The van der Waals surface area contributed by atoms with E-state index in [1.165, 1.54) is 12.0 Å². The van der Waals surface area contributed by atoms with E-state index in [0.29, 0.717) is 0 Å². The molecule has 0 bridgehead atoms. The first-order valence-electron chi connectivity index (χ1n) is 5.63. The number of hydrogen-bond donors (Lipinski definition) is 1. The van der Waals surface area contributed by atoms with E-state index < -0.39 is 0 Å². The first kappa shape index (κ1) is 10.1. The average molecular weight is 233 g/mol. The number of thiocarbonyl (C=S) groups is 1. The summed E-state index contributed by atoms with van der Waals surface area (Å²) in [6, 6.07) is 10.6. The van der Waals surface area contributed by atoms with Crippen molar-refractivity contribution in [1.29, 1.82) is 0 Å². The molecule has 2 aliphatic rings. The number of hydrazine groups is 1.